The molecule has 2 aromatic heterocycles. The fourth-order valence-electron chi connectivity index (χ4n) is 2.65. The van der Waals surface area contributed by atoms with Crippen molar-refractivity contribution in [1.29, 1.82) is 0 Å². The number of hydrogen-bond acceptors (Lipinski definition) is 7. The third kappa shape index (κ3) is 2.66. The number of nitrogens with zero attached hydrogens (tertiary/aromatic N) is 4. The summed E-state index contributed by atoms with van der Waals surface area (Å²) >= 11 is 0. The van der Waals surface area contributed by atoms with Crippen LogP contribution in [0.4, 0.5) is 5.82 Å². The van der Waals surface area contributed by atoms with Crippen LogP contribution in [-0.2, 0) is 6.54 Å². The molecular formula is C15H15N5OS2. The van der Waals surface area contributed by atoms with Crippen LogP contribution in [0.2, 0.25) is 0 Å². The number of aromatic nitrogens is 4. The Hall–Kier alpha value is -1.77. The Balaban J connectivity index is 1.84. The molecule has 0 spiro atoms. The minimum absolute atomic E-state index is 0.0999. The number of aliphatic hydroxyl groups excluding tert-OH is 1. The van der Waals surface area contributed by atoms with Gasteiger partial charge in [0.1, 0.15) is 17.8 Å². The molecule has 1 aromatic carbocycles. The number of hydrogen-bond donors (Lipinski definition) is 2. The molecule has 1 aliphatic rings. The molecule has 0 radical (unpaired) electrons. The lowest BCUT2D eigenvalue weighted by molar-refractivity contribution is 0.191. The van der Waals surface area contributed by atoms with Crippen molar-refractivity contribution in [3.05, 3.63) is 36.7 Å². The highest BCUT2D eigenvalue weighted by Gasteiger charge is 2.29. The molecule has 0 saturated carbocycles. The molecule has 6 nitrogen and oxygen atoms in total. The van der Waals surface area contributed by atoms with Gasteiger partial charge in [0, 0.05) is 11.3 Å². The van der Waals surface area contributed by atoms with Gasteiger partial charge >= 0.3 is 0 Å². The molecule has 1 saturated heterocycles. The first-order valence-electron chi connectivity index (χ1n) is 7.23. The highest BCUT2D eigenvalue weighted by Crippen LogP contribution is 2.39. The van der Waals surface area contributed by atoms with E-state index in [0.29, 0.717) is 18.0 Å². The predicted molar refractivity (Wildman–Crippen MR) is 95.0 cm³/mol. The average molecular weight is 345 g/mol. The molecule has 0 bridgehead atoms. The second kappa shape index (κ2) is 6.03. The summed E-state index contributed by atoms with van der Waals surface area (Å²) < 4.78 is 1.84. The van der Waals surface area contributed by atoms with E-state index in [4.69, 9.17) is 10.8 Å². The summed E-state index contributed by atoms with van der Waals surface area (Å²) in [6, 6.07) is 9.88. The zero-order chi connectivity index (χ0) is 15.8. The molecule has 3 N–H and O–H groups in total. The van der Waals surface area contributed by atoms with E-state index in [1.807, 2.05) is 35.0 Å². The Kier molecular flexibility index (Phi) is 3.88. The lowest BCUT2D eigenvalue weighted by Crippen LogP contribution is -2.25. The van der Waals surface area contributed by atoms with E-state index in [0.717, 1.165) is 22.4 Å². The van der Waals surface area contributed by atoms with Crippen molar-refractivity contribution in [3.63, 3.8) is 0 Å². The third-order valence-electron chi connectivity index (χ3n) is 3.82. The standard InChI is InChI=1S/C15H15N5OS2/c16-14-12-13(9-4-2-1-3-5-9)19-20(15(12)18-8-17-14)6-11-10(21)7-22-23-11/h1-5,8,10-11,21H,6-7H2,(H2,16,17,18). The zero-order valence-corrected chi connectivity index (χ0v) is 13.8. The molecule has 118 valence electrons. The average Bonchev–Trinajstić information content (AvgIpc) is 3.14. The van der Waals surface area contributed by atoms with Gasteiger partial charge in [0.2, 0.25) is 0 Å². The highest BCUT2D eigenvalue weighted by molar-refractivity contribution is 8.77. The fraction of sp³-hybridized carbons (Fsp3) is 0.267. The van der Waals surface area contributed by atoms with E-state index in [-0.39, 0.29) is 11.4 Å². The van der Waals surface area contributed by atoms with Crippen LogP contribution in [0.5, 0.6) is 0 Å². The Morgan fingerprint density at radius 2 is 2.09 bits per heavy atom. The molecule has 1 aliphatic heterocycles. The van der Waals surface area contributed by atoms with E-state index in [9.17, 15) is 5.11 Å². The minimum Gasteiger partial charge on any atom is -0.391 e. The summed E-state index contributed by atoms with van der Waals surface area (Å²) in [5.41, 5.74) is 8.55. The molecular weight excluding hydrogens is 330 g/mol. The lowest BCUT2D eigenvalue weighted by atomic mass is 10.1. The molecule has 4 rings (SSSR count). The Bertz CT molecular complexity index is 839. The predicted octanol–water partition coefficient (Wildman–Crippen LogP) is 2.20. The number of nitrogens with two attached hydrogens (primary N) is 1. The summed E-state index contributed by atoms with van der Waals surface area (Å²) in [5, 5.41) is 15.6. The van der Waals surface area contributed by atoms with Gasteiger partial charge < -0.3 is 10.8 Å². The third-order valence-corrected chi connectivity index (χ3v) is 6.70. The van der Waals surface area contributed by atoms with Gasteiger partial charge in [-0.3, -0.25) is 0 Å². The first-order chi connectivity index (χ1) is 11.2. The number of aliphatic hydroxyl groups is 1. The molecule has 0 amide bonds. The maximum atomic E-state index is 10.1. The molecule has 23 heavy (non-hydrogen) atoms. The second-order valence-corrected chi connectivity index (χ2v) is 7.99. The summed E-state index contributed by atoms with van der Waals surface area (Å²) in [6.07, 6.45) is 1.13. The van der Waals surface area contributed by atoms with Crippen LogP contribution in [0.15, 0.2) is 36.7 Å². The first kappa shape index (κ1) is 14.8. The van der Waals surface area contributed by atoms with E-state index >= 15 is 0 Å². The van der Waals surface area contributed by atoms with Gasteiger partial charge in [-0.05, 0) is 0 Å². The zero-order valence-electron chi connectivity index (χ0n) is 12.2. The Labute approximate surface area is 140 Å². The largest absolute Gasteiger partial charge is 0.391 e. The van der Waals surface area contributed by atoms with Crippen molar-refractivity contribution < 1.29 is 5.11 Å². The van der Waals surface area contributed by atoms with Crippen molar-refractivity contribution in [3.8, 4) is 11.3 Å². The van der Waals surface area contributed by atoms with Crippen molar-refractivity contribution in [1.82, 2.24) is 19.7 Å². The van der Waals surface area contributed by atoms with Crippen molar-refractivity contribution in [2.45, 2.75) is 17.9 Å². The van der Waals surface area contributed by atoms with Gasteiger partial charge in [-0.25, -0.2) is 14.6 Å². The number of benzene rings is 1. The van der Waals surface area contributed by atoms with E-state index in [1.165, 1.54) is 6.33 Å². The maximum Gasteiger partial charge on any atom is 0.164 e. The molecule has 2 unspecified atom stereocenters. The van der Waals surface area contributed by atoms with Gasteiger partial charge in [0.15, 0.2) is 5.65 Å². The van der Waals surface area contributed by atoms with E-state index in [1.54, 1.807) is 21.6 Å². The SMILES string of the molecule is Nc1ncnc2c1c(-c1ccccc1)nn2CC1SSCC1O. The van der Waals surface area contributed by atoms with Gasteiger partial charge in [-0.2, -0.15) is 5.10 Å². The normalized spacial score (nSPS) is 21.1. The molecule has 8 heteroatoms. The van der Waals surface area contributed by atoms with Crippen LogP contribution in [0.3, 0.4) is 0 Å². The Morgan fingerprint density at radius 1 is 1.26 bits per heavy atom. The van der Waals surface area contributed by atoms with Crippen LogP contribution in [-0.4, -0.2) is 42.0 Å². The summed E-state index contributed by atoms with van der Waals surface area (Å²) in [7, 11) is 3.38. The number of nitrogen functional groups attached to an aromatic ring is 1. The van der Waals surface area contributed by atoms with E-state index in [2.05, 4.69) is 9.97 Å². The van der Waals surface area contributed by atoms with Gasteiger partial charge in [-0.1, -0.05) is 51.9 Å². The van der Waals surface area contributed by atoms with Crippen LogP contribution >= 0.6 is 21.6 Å². The quantitative estimate of drug-likeness (QED) is 0.703. The number of anilines is 1. The van der Waals surface area contributed by atoms with Gasteiger partial charge in [0.25, 0.3) is 0 Å². The van der Waals surface area contributed by atoms with Crippen LogP contribution in [0.25, 0.3) is 22.3 Å². The fourth-order valence-corrected chi connectivity index (χ4v) is 5.57. The molecule has 1 fully saturated rings. The molecule has 2 atom stereocenters. The monoisotopic (exact) mass is 345 g/mol. The van der Waals surface area contributed by atoms with Crippen molar-refractivity contribution in [2.24, 2.45) is 0 Å². The summed E-state index contributed by atoms with van der Waals surface area (Å²) in [6.45, 7) is 0.596. The maximum absolute atomic E-state index is 10.1. The van der Waals surface area contributed by atoms with Gasteiger partial charge in [0.05, 0.1) is 23.3 Å². The smallest absolute Gasteiger partial charge is 0.164 e. The van der Waals surface area contributed by atoms with Gasteiger partial charge in [-0.15, -0.1) is 0 Å². The van der Waals surface area contributed by atoms with Crippen LogP contribution < -0.4 is 5.73 Å². The number of fused-ring (bicyclic) bond motifs is 1. The summed E-state index contributed by atoms with van der Waals surface area (Å²) in [4.78, 5) is 8.48. The van der Waals surface area contributed by atoms with Crippen molar-refractivity contribution >= 4 is 38.4 Å². The number of rotatable bonds is 3. The molecule has 3 heterocycles. The Morgan fingerprint density at radius 3 is 2.83 bits per heavy atom. The first-order valence-corrected chi connectivity index (χ1v) is 9.61. The minimum atomic E-state index is -0.330. The van der Waals surface area contributed by atoms with Crippen molar-refractivity contribution in [2.75, 3.05) is 11.5 Å². The second-order valence-electron chi connectivity index (χ2n) is 5.34. The topological polar surface area (TPSA) is 89.9 Å². The van der Waals surface area contributed by atoms with Crippen LogP contribution in [0.1, 0.15) is 0 Å². The van der Waals surface area contributed by atoms with Crippen LogP contribution in [0, 0.1) is 0 Å². The van der Waals surface area contributed by atoms with E-state index < -0.39 is 0 Å². The molecule has 3 aromatic rings. The summed E-state index contributed by atoms with van der Waals surface area (Å²) in [5.74, 6) is 1.17. The highest BCUT2D eigenvalue weighted by atomic mass is 33.1. The lowest BCUT2D eigenvalue weighted by Gasteiger charge is -2.12. The molecule has 0 aliphatic carbocycles.